The van der Waals surface area contributed by atoms with Gasteiger partial charge in [-0.25, -0.2) is 0 Å². The van der Waals surface area contributed by atoms with Gasteiger partial charge in [-0.3, -0.25) is 0 Å². The summed E-state index contributed by atoms with van der Waals surface area (Å²) in [5.41, 5.74) is 2.94. The molecular weight excluding hydrogens is 425 g/mol. The zero-order chi connectivity index (χ0) is 20.6. The van der Waals surface area contributed by atoms with Crippen LogP contribution < -0.4 is 14.8 Å². The lowest BCUT2D eigenvalue weighted by molar-refractivity contribution is 0.306. The zero-order valence-electron chi connectivity index (χ0n) is 16.0. The number of thiocarbonyl (C=S) groups is 1. The fourth-order valence-corrected chi connectivity index (χ4v) is 3.49. The second-order valence-electron chi connectivity index (χ2n) is 6.37. The molecule has 0 amide bonds. The highest BCUT2D eigenvalue weighted by atomic mass is 35.5. The molecule has 0 aliphatic carbocycles. The third kappa shape index (κ3) is 6.10. The standard InChI is InChI=1S/C23H21Cl2NO2S/c1-27-18-9-5-16(6-10-18)13-14-26-23(29)17-7-11-19(12-8-17)28-15-20-21(24)3-2-4-22(20)25/h2-12H,13-15H2,1H3,(H,26,29). The summed E-state index contributed by atoms with van der Waals surface area (Å²) in [7, 11) is 1.66. The highest BCUT2D eigenvalue weighted by molar-refractivity contribution is 7.80. The molecule has 3 nitrogen and oxygen atoms in total. The van der Waals surface area contributed by atoms with E-state index in [2.05, 4.69) is 17.4 Å². The number of hydrogen-bond donors (Lipinski definition) is 1. The van der Waals surface area contributed by atoms with E-state index in [4.69, 9.17) is 44.9 Å². The van der Waals surface area contributed by atoms with Crippen LogP contribution in [0.1, 0.15) is 16.7 Å². The molecule has 29 heavy (non-hydrogen) atoms. The molecule has 0 aliphatic heterocycles. The molecule has 3 aromatic carbocycles. The summed E-state index contributed by atoms with van der Waals surface area (Å²) in [5, 5.41) is 4.48. The van der Waals surface area contributed by atoms with Gasteiger partial charge in [0.15, 0.2) is 0 Å². The first-order valence-electron chi connectivity index (χ1n) is 9.13. The molecular formula is C23H21Cl2NO2S. The molecule has 0 bridgehead atoms. The van der Waals surface area contributed by atoms with Gasteiger partial charge in [0.25, 0.3) is 0 Å². The summed E-state index contributed by atoms with van der Waals surface area (Å²) >= 11 is 17.8. The van der Waals surface area contributed by atoms with Gasteiger partial charge in [-0.15, -0.1) is 0 Å². The highest BCUT2D eigenvalue weighted by Gasteiger charge is 2.07. The van der Waals surface area contributed by atoms with Gasteiger partial charge in [0.2, 0.25) is 0 Å². The van der Waals surface area contributed by atoms with E-state index in [1.54, 1.807) is 19.2 Å². The molecule has 0 spiro atoms. The summed E-state index contributed by atoms with van der Waals surface area (Å²) in [6.45, 7) is 1.07. The number of nitrogens with one attached hydrogen (secondary N) is 1. The normalized spacial score (nSPS) is 10.4. The van der Waals surface area contributed by atoms with Crippen LogP contribution in [-0.2, 0) is 13.0 Å². The Morgan fingerprint density at radius 1 is 0.897 bits per heavy atom. The maximum atomic E-state index is 6.17. The Kier molecular flexibility index (Phi) is 7.76. The van der Waals surface area contributed by atoms with Crippen molar-refractivity contribution in [2.24, 2.45) is 0 Å². The Morgan fingerprint density at radius 2 is 1.52 bits per heavy atom. The molecule has 0 radical (unpaired) electrons. The number of ether oxygens (including phenoxy) is 2. The predicted molar refractivity (Wildman–Crippen MR) is 124 cm³/mol. The maximum absolute atomic E-state index is 6.17. The quantitative estimate of drug-likeness (QED) is 0.425. The monoisotopic (exact) mass is 445 g/mol. The van der Waals surface area contributed by atoms with Crippen molar-refractivity contribution in [2.45, 2.75) is 13.0 Å². The minimum absolute atomic E-state index is 0.308. The van der Waals surface area contributed by atoms with E-state index >= 15 is 0 Å². The molecule has 1 N–H and O–H groups in total. The van der Waals surface area contributed by atoms with Crippen LogP contribution >= 0.6 is 35.4 Å². The van der Waals surface area contributed by atoms with Crippen molar-refractivity contribution in [1.82, 2.24) is 5.32 Å². The molecule has 0 atom stereocenters. The summed E-state index contributed by atoms with van der Waals surface area (Å²) in [6, 6.07) is 21.1. The lowest BCUT2D eigenvalue weighted by Crippen LogP contribution is -2.24. The summed E-state index contributed by atoms with van der Waals surface area (Å²) < 4.78 is 11.0. The molecule has 0 saturated carbocycles. The molecule has 0 unspecified atom stereocenters. The second-order valence-corrected chi connectivity index (χ2v) is 7.59. The highest BCUT2D eigenvalue weighted by Crippen LogP contribution is 2.26. The summed E-state index contributed by atoms with van der Waals surface area (Å²) in [6.07, 6.45) is 0.879. The topological polar surface area (TPSA) is 30.5 Å². The molecule has 6 heteroatoms. The Labute approximate surface area is 186 Å². The van der Waals surface area contributed by atoms with Crippen LogP contribution in [0.4, 0.5) is 0 Å². The SMILES string of the molecule is COc1ccc(CCNC(=S)c2ccc(OCc3c(Cl)cccc3Cl)cc2)cc1. The van der Waals surface area contributed by atoms with Crippen LogP contribution in [0.3, 0.4) is 0 Å². The zero-order valence-corrected chi connectivity index (χ0v) is 18.3. The van der Waals surface area contributed by atoms with Gasteiger partial charge < -0.3 is 14.8 Å². The Bertz CT molecular complexity index is 939. The fraction of sp³-hybridized carbons (Fsp3) is 0.174. The van der Waals surface area contributed by atoms with E-state index < -0.39 is 0 Å². The lowest BCUT2D eigenvalue weighted by atomic mass is 10.1. The molecule has 0 aromatic heterocycles. The van der Waals surface area contributed by atoms with Gasteiger partial charge in [-0.05, 0) is 60.5 Å². The van der Waals surface area contributed by atoms with Crippen molar-refractivity contribution in [3.63, 3.8) is 0 Å². The summed E-state index contributed by atoms with van der Waals surface area (Å²) in [5.74, 6) is 1.59. The smallest absolute Gasteiger partial charge is 0.119 e. The van der Waals surface area contributed by atoms with E-state index in [9.17, 15) is 0 Å². The van der Waals surface area contributed by atoms with E-state index in [0.717, 1.165) is 35.6 Å². The second kappa shape index (κ2) is 10.5. The van der Waals surface area contributed by atoms with Crippen molar-refractivity contribution in [3.05, 3.63) is 93.5 Å². The van der Waals surface area contributed by atoms with Gasteiger partial charge in [-0.1, -0.05) is 53.6 Å². The number of benzene rings is 3. The number of halogens is 2. The minimum Gasteiger partial charge on any atom is -0.497 e. The Balaban J connectivity index is 1.49. The van der Waals surface area contributed by atoms with Crippen molar-refractivity contribution in [1.29, 1.82) is 0 Å². The molecule has 0 heterocycles. The number of hydrogen-bond acceptors (Lipinski definition) is 3. The maximum Gasteiger partial charge on any atom is 0.119 e. The van der Waals surface area contributed by atoms with Gasteiger partial charge in [-0.2, -0.15) is 0 Å². The van der Waals surface area contributed by atoms with Crippen molar-refractivity contribution in [3.8, 4) is 11.5 Å². The van der Waals surface area contributed by atoms with Crippen LogP contribution in [-0.4, -0.2) is 18.6 Å². The largest absolute Gasteiger partial charge is 0.497 e. The first-order valence-corrected chi connectivity index (χ1v) is 10.3. The third-order valence-corrected chi connectivity index (χ3v) is 5.51. The number of rotatable bonds is 8. The first-order chi connectivity index (χ1) is 14.1. The molecule has 150 valence electrons. The Morgan fingerprint density at radius 3 is 2.14 bits per heavy atom. The van der Waals surface area contributed by atoms with E-state index in [-0.39, 0.29) is 0 Å². The summed E-state index contributed by atoms with van der Waals surface area (Å²) in [4.78, 5) is 0.708. The fourth-order valence-electron chi connectivity index (χ4n) is 2.74. The van der Waals surface area contributed by atoms with Gasteiger partial charge in [0, 0.05) is 27.7 Å². The molecule has 0 fully saturated rings. The molecule has 0 aliphatic rings. The Hall–Kier alpha value is -2.27. The van der Waals surface area contributed by atoms with Crippen LogP contribution in [0.5, 0.6) is 11.5 Å². The van der Waals surface area contributed by atoms with Crippen LogP contribution in [0.15, 0.2) is 66.7 Å². The van der Waals surface area contributed by atoms with Crippen LogP contribution in [0, 0.1) is 0 Å². The van der Waals surface area contributed by atoms with E-state index in [1.165, 1.54) is 5.56 Å². The van der Waals surface area contributed by atoms with Crippen molar-refractivity contribution < 1.29 is 9.47 Å². The van der Waals surface area contributed by atoms with Crippen molar-refractivity contribution >= 4 is 40.4 Å². The minimum atomic E-state index is 0.308. The average Bonchev–Trinajstić information content (AvgIpc) is 2.74. The van der Waals surface area contributed by atoms with E-state index in [0.29, 0.717) is 21.6 Å². The molecule has 3 rings (SSSR count). The third-order valence-electron chi connectivity index (χ3n) is 4.42. The van der Waals surface area contributed by atoms with Crippen LogP contribution in [0.2, 0.25) is 10.0 Å². The van der Waals surface area contributed by atoms with Crippen LogP contribution in [0.25, 0.3) is 0 Å². The predicted octanol–water partition coefficient (Wildman–Crippen LogP) is 6.09. The first kappa shape index (κ1) is 21.4. The number of methoxy groups -OCH3 is 1. The van der Waals surface area contributed by atoms with Gasteiger partial charge in [0.05, 0.1) is 7.11 Å². The average molecular weight is 446 g/mol. The lowest BCUT2D eigenvalue weighted by Gasteiger charge is -2.11. The van der Waals surface area contributed by atoms with Crippen molar-refractivity contribution in [2.75, 3.05) is 13.7 Å². The van der Waals surface area contributed by atoms with E-state index in [1.807, 2.05) is 42.5 Å². The molecule has 0 saturated heterocycles. The van der Waals surface area contributed by atoms with Gasteiger partial charge in [0.1, 0.15) is 23.1 Å². The molecule has 3 aromatic rings. The van der Waals surface area contributed by atoms with Gasteiger partial charge >= 0.3 is 0 Å².